The molecule has 0 unspecified atom stereocenters. The van der Waals surface area contributed by atoms with E-state index in [2.05, 4.69) is 21.2 Å². The van der Waals surface area contributed by atoms with Crippen LogP contribution in [-0.4, -0.2) is 26.6 Å². The maximum atomic E-state index is 12.8. The van der Waals surface area contributed by atoms with Gasteiger partial charge in [0.25, 0.3) is 0 Å². The van der Waals surface area contributed by atoms with Crippen molar-refractivity contribution in [2.24, 2.45) is 0 Å². The molecule has 0 fully saturated rings. The molecule has 0 bridgehead atoms. The van der Waals surface area contributed by atoms with Gasteiger partial charge in [-0.25, -0.2) is 8.42 Å². The van der Waals surface area contributed by atoms with E-state index in [1.54, 1.807) is 37.3 Å². The first-order chi connectivity index (χ1) is 12.1. The lowest BCUT2D eigenvalue weighted by Gasteiger charge is -2.30. The van der Waals surface area contributed by atoms with E-state index in [-0.39, 0.29) is 5.91 Å². The molecule has 0 aliphatic carbocycles. The Labute approximate surface area is 163 Å². The van der Waals surface area contributed by atoms with E-state index in [0.717, 1.165) is 21.9 Å². The van der Waals surface area contributed by atoms with Crippen LogP contribution in [0.5, 0.6) is 0 Å². The molecule has 0 heterocycles. The highest BCUT2D eigenvalue weighted by Crippen LogP contribution is 2.26. The van der Waals surface area contributed by atoms with E-state index >= 15 is 0 Å². The van der Waals surface area contributed by atoms with E-state index in [9.17, 15) is 13.2 Å². The van der Waals surface area contributed by atoms with Crippen LogP contribution >= 0.6 is 15.9 Å². The first-order valence-corrected chi connectivity index (χ1v) is 10.9. The Morgan fingerprint density at radius 2 is 1.85 bits per heavy atom. The number of halogens is 1. The first-order valence-electron chi connectivity index (χ1n) is 8.26. The fourth-order valence-corrected chi connectivity index (χ4v) is 4.32. The summed E-state index contributed by atoms with van der Waals surface area (Å²) in [6, 6.07) is 11.7. The molecule has 0 aliphatic rings. The summed E-state index contributed by atoms with van der Waals surface area (Å²) in [5.41, 5.74) is 3.13. The van der Waals surface area contributed by atoms with Gasteiger partial charge in [0.1, 0.15) is 6.04 Å². The van der Waals surface area contributed by atoms with Crippen LogP contribution in [0.4, 0.5) is 11.4 Å². The topological polar surface area (TPSA) is 66.5 Å². The number of hydrogen-bond acceptors (Lipinski definition) is 3. The molecule has 5 nitrogen and oxygen atoms in total. The van der Waals surface area contributed by atoms with Gasteiger partial charge in [0.15, 0.2) is 0 Å². The molecule has 26 heavy (non-hydrogen) atoms. The van der Waals surface area contributed by atoms with Crippen molar-refractivity contribution in [2.75, 3.05) is 15.9 Å². The minimum atomic E-state index is -3.64. The van der Waals surface area contributed by atoms with Gasteiger partial charge in [-0.3, -0.25) is 9.10 Å². The first kappa shape index (κ1) is 20.5. The van der Waals surface area contributed by atoms with Gasteiger partial charge in [-0.1, -0.05) is 35.0 Å². The molecular formula is C19H23BrN2O3S. The summed E-state index contributed by atoms with van der Waals surface area (Å²) in [5, 5.41) is 2.81. The Kier molecular flexibility index (Phi) is 6.47. The minimum Gasteiger partial charge on any atom is -0.324 e. The van der Waals surface area contributed by atoms with Gasteiger partial charge in [0.05, 0.1) is 11.9 Å². The highest BCUT2D eigenvalue weighted by atomic mass is 79.9. The molecule has 0 spiro atoms. The van der Waals surface area contributed by atoms with Crippen molar-refractivity contribution in [3.63, 3.8) is 0 Å². The molecule has 1 N–H and O–H groups in total. The molecule has 1 atom stereocenters. The number of carbonyl (C=O) groups is 1. The Bertz CT molecular complexity index is 913. The maximum Gasteiger partial charge on any atom is 0.248 e. The summed E-state index contributed by atoms with van der Waals surface area (Å²) in [4.78, 5) is 12.8. The number of benzene rings is 2. The van der Waals surface area contributed by atoms with Crippen molar-refractivity contribution < 1.29 is 13.2 Å². The van der Waals surface area contributed by atoms with Gasteiger partial charge in [-0.15, -0.1) is 0 Å². The van der Waals surface area contributed by atoms with Gasteiger partial charge in [-0.05, 0) is 61.7 Å². The summed E-state index contributed by atoms with van der Waals surface area (Å²) in [6.07, 6.45) is 1.47. The highest BCUT2D eigenvalue weighted by Gasteiger charge is 2.31. The van der Waals surface area contributed by atoms with E-state index in [0.29, 0.717) is 17.8 Å². The zero-order valence-electron chi connectivity index (χ0n) is 15.3. The fourth-order valence-electron chi connectivity index (χ4n) is 2.71. The molecule has 2 aromatic carbocycles. The number of nitrogens with zero attached hydrogens (tertiary/aromatic N) is 1. The molecule has 0 radical (unpaired) electrons. The van der Waals surface area contributed by atoms with Crippen LogP contribution in [-0.2, 0) is 14.8 Å². The Hall–Kier alpha value is -1.86. The number of hydrogen-bond donors (Lipinski definition) is 1. The standard InChI is InChI=1S/C19H23BrN2O3S/c1-5-18(19(23)21-16-8-6-7-15(20)12-16)22(26(4,24)25)17-10-9-13(2)14(3)11-17/h6-12,18H,5H2,1-4H3,(H,21,23)/t18-/m0/s1. The summed E-state index contributed by atoms with van der Waals surface area (Å²) in [6.45, 7) is 5.67. The lowest BCUT2D eigenvalue weighted by Crippen LogP contribution is -2.47. The van der Waals surface area contributed by atoms with E-state index in [4.69, 9.17) is 0 Å². The van der Waals surface area contributed by atoms with Crippen LogP contribution in [0, 0.1) is 13.8 Å². The third-order valence-corrected chi connectivity index (χ3v) is 5.84. The smallest absolute Gasteiger partial charge is 0.248 e. The predicted octanol–water partition coefficient (Wildman–Crippen LogP) is 4.25. The SMILES string of the molecule is CC[C@@H](C(=O)Nc1cccc(Br)c1)N(c1ccc(C)c(C)c1)S(C)(=O)=O. The van der Waals surface area contributed by atoms with Crippen molar-refractivity contribution in [3.8, 4) is 0 Å². The normalized spacial score (nSPS) is 12.5. The van der Waals surface area contributed by atoms with Crippen LogP contribution in [0.15, 0.2) is 46.9 Å². The Morgan fingerprint density at radius 3 is 2.38 bits per heavy atom. The van der Waals surface area contributed by atoms with Crippen molar-refractivity contribution in [1.29, 1.82) is 0 Å². The molecule has 0 aliphatic heterocycles. The van der Waals surface area contributed by atoms with Crippen LogP contribution in [0.25, 0.3) is 0 Å². The number of carbonyl (C=O) groups excluding carboxylic acids is 1. The zero-order valence-corrected chi connectivity index (χ0v) is 17.7. The van der Waals surface area contributed by atoms with Gasteiger partial charge >= 0.3 is 0 Å². The summed E-state index contributed by atoms with van der Waals surface area (Å²) >= 11 is 3.36. The molecule has 0 aromatic heterocycles. The second-order valence-corrected chi connectivity index (χ2v) is 9.03. The van der Waals surface area contributed by atoms with Crippen LogP contribution in [0.1, 0.15) is 24.5 Å². The van der Waals surface area contributed by atoms with Crippen molar-refractivity contribution in [1.82, 2.24) is 0 Å². The van der Waals surface area contributed by atoms with Gasteiger partial charge in [0, 0.05) is 10.2 Å². The van der Waals surface area contributed by atoms with Crippen molar-refractivity contribution in [3.05, 3.63) is 58.1 Å². The van der Waals surface area contributed by atoms with Crippen molar-refractivity contribution >= 4 is 43.2 Å². The zero-order chi connectivity index (χ0) is 19.5. The molecule has 0 saturated heterocycles. The van der Waals surface area contributed by atoms with E-state index in [1.807, 2.05) is 26.0 Å². The van der Waals surface area contributed by atoms with Crippen LogP contribution < -0.4 is 9.62 Å². The second kappa shape index (κ2) is 8.22. The minimum absolute atomic E-state index is 0.347. The molecule has 0 saturated carbocycles. The molecule has 2 aromatic rings. The second-order valence-electron chi connectivity index (χ2n) is 6.25. The van der Waals surface area contributed by atoms with Gasteiger partial charge in [-0.2, -0.15) is 0 Å². The summed E-state index contributed by atoms with van der Waals surface area (Å²) in [7, 11) is -3.64. The lowest BCUT2D eigenvalue weighted by atomic mass is 10.1. The largest absolute Gasteiger partial charge is 0.324 e. The van der Waals surface area contributed by atoms with Gasteiger partial charge in [0.2, 0.25) is 15.9 Å². The van der Waals surface area contributed by atoms with E-state index in [1.165, 1.54) is 4.31 Å². The number of amides is 1. The average molecular weight is 439 g/mol. The molecule has 1 amide bonds. The van der Waals surface area contributed by atoms with Crippen LogP contribution in [0.3, 0.4) is 0 Å². The predicted molar refractivity (Wildman–Crippen MR) is 110 cm³/mol. The number of rotatable bonds is 6. The van der Waals surface area contributed by atoms with Crippen LogP contribution in [0.2, 0.25) is 0 Å². The molecule has 2 rings (SSSR count). The average Bonchev–Trinajstić information content (AvgIpc) is 2.54. The Balaban J connectivity index is 2.40. The highest BCUT2D eigenvalue weighted by molar-refractivity contribution is 9.10. The molecule has 7 heteroatoms. The Morgan fingerprint density at radius 1 is 1.15 bits per heavy atom. The number of aryl methyl sites for hydroxylation is 2. The summed E-state index contributed by atoms with van der Waals surface area (Å²) < 4.78 is 27.0. The summed E-state index contributed by atoms with van der Waals surface area (Å²) in [5.74, 6) is -0.366. The monoisotopic (exact) mass is 438 g/mol. The third kappa shape index (κ3) is 4.86. The van der Waals surface area contributed by atoms with Gasteiger partial charge < -0.3 is 5.32 Å². The fraction of sp³-hybridized carbons (Fsp3) is 0.316. The number of sulfonamides is 1. The lowest BCUT2D eigenvalue weighted by molar-refractivity contribution is -0.117. The van der Waals surface area contributed by atoms with E-state index < -0.39 is 16.1 Å². The maximum absolute atomic E-state index is 12.8. The quantitative estimate of drug-likeness (QED) is 0.732. The van der Waals surface area contributed by atoms with Crippen molar-refractivity contribution in [2.45, 2.75) is 33.2 Å². The molecule has 140 valence electrons. The number of nitrogens with one attached hydrogen (secondary N) is 1. The molecular weight excluding hydrogens is 416 g/mol. The third-order valence-electron chi connectivity index (χ3n) is 4.17. The number of anilines is 2.